The Labute approximate surface area is 129 Å². The van der Waals surface area contributed by atoms with E-state index in [-0.39, 0.29) is 6.10 Å². The van der Waals surface area contributed by atoms with E-state index in [1.165, 1.54) is 10.4 Å². The van der Waals surface area contributed by atoms with E-state index in [4.69, 9.17) is 9.47 Å². The zero-order valence-corrected chi connectivity index (χ0v) is 13.4. The van der Waals surface area contributed by atoms with Gasteiger partial charge in [0.2, 0.25) is 0 Å². The molecule has 0 saturated carbocycles. The quantitative estimate of drug-likeness (QED) is 0.922. The lowest BCUT2D eigenvalue weighted by molar-refractivity contribution is 0.254. The molecule has 3 rings (SSSR count). The average molecular weight is 304 g/mol. The van der Waals surface area contributed by atoms with Gasteiger partial charge in [-0.15, -0.1) is 11.3 Å². The standard InChI is InChI=1S/C16H20N2O2S/c1-10-4-12-5-15(19-3)13(6-16(12)20-10)7-17-8-14-9-18-11(2)21-14/h5-6,9-10,17H,4,7-8H2,1-3H3/t10-/m0/s1. The minimum Gasteiger partial charge on any atom is -0.496 e. The zero-order valence-electron chi connectivity index (χ0n) is 12.6. The number of methoxy groups -OCH3 is 1. The summed E-state index contributed by atoms with van der Waals surface area (Å²) in [4.78, 5) is 5.51. The minimum atomic E-state index is 0.257. The minimum absolute atomic E-state index is 0.257. The van der Waals surface area contributed by atoms with Crippen LogP contribution in [0.3, 0.4) is 0 Å². The first-order valence-corrected chi connectivity index (χ1v) is 7.96. The summed E-state index contributed by atoms with van der Waals surface area (Å²) >= 11 is 1.72. The summed E-state index contributed by atoms with van der Waals surface area (Å²) < 4.78 is 11.3. The van der Waals surface area contributed by atoms with Crippen LogP contribution < -0.4 is 14.8 Å². The third kappa shape index (κ3) is 3.19. The maximum absolute atomic E-state index is 5.82. The van der Waals surface area contributed by atoms with Crippen molar-refractivity contribution in [2.24, 2.45) is 0 Å². The molecule has 2 heterocycles. The van der Waals surface area contributed by atoms with Crippen molar-refractivity contribution < 1.29 is 9.47 Å². The molecule has 1 aromatic carbocycles. The molecule has 0 fully saturated rings. The third-order valence-corrected chi connectivity index (χ3v) is 4.50. The molecule has 0 bridgehead atoms. The number of ether oxygens (including phenoxy) is 2. The number of nitrogens with one attached hydrogen (secondary N) is 1. The van der Waals surface area contributed by atoms with E-state index in [0.29, 0.717) is 0 Å². The molecule has 0 spiro atoms. The van der Waals surface area contributed by atoms with Gasteiger partial charge in [-0.2, -0.15) is 0 Å². The average Bonchev–Trinajstić information content (AvgIpc) is 3.02. The molecular formula is C16H20N2O2S. The van der Waals surface area contributed by atoms with Gasteiger partial charge >= 0.3 is 0 Å². The fourth-order valence-electron chi connectivity index (χ4n) is 2.62. The summed E-state index contributed by atoms with van der Waals surface area (Å²) in [5.74, 6) is 1.92. The monoisotopic (exact) mass is 304 g/mol. The van der Waals surface area contributed by atoms with Gasteiger partial charge in [-0.05, 0) is 26.0 Å². The van der Waals surface area contributed by atoms with Crippen molar-refractivity contribution >= 4 is 11.3 Å². The van der Waals surface area contributed by atoms with Crippen LogP contribution in [0.15, 0.2) is 18.3 Å². The van der Waals surface area contributed by atoms with Gasteiger partial charge in [0, 0.05) is 41.7 Å². The maximum Gasteiger partial charge on any atom is 0.123 e. The second-order valence-corrected chi connectivity index (χ2v) is 6.67. The molecule has 0 saturated heterocycles. The highest BCUT2D eigenvalue weighted by atomic mass is 32.1. The molecule has 0 amide bonds. The highest BCUT2D eigenvalue weighted by Gasteiger charge is 2.21. The van der Waals surface area contributed by atoms with Crippen molar-refractivity contribution in [3.8, 4) is 11.5 Å². The Morgan fingerprint density at radius 3 is 3.00 bits per heavy atom. The summed E-state index contributed by atoms with van der Waals surface area (Å²) in [6, 6.07) is 4.20. The number of benzene rings is 1. The van der Waals surface area contributed by atoms with Gasteiger partial charge in [0.25, 0.3) is 0 Å². The fraction of sp³-hybridized carbons (Fsp3) is 0.438. The Balaban J connectivity index is 1.68. The Kier molecular flexibility index (Phi) is 4.12. The van der Waals surface area contributed by atoms with Gasteiger partial charge in [-0.1, -0.05) is 0 Å². The van der Waals surface area contributed by atoms with Crippen LogP contribution in [-0.2, 0) is 19.5 Å². The van der Waals surface area contributed by atoms with Crippen molar-refractivity contribution in [2.75, 3.05) is 7.11 Å². The molecule has 0 aliphatic carbocycles. The highest BCUT2D eigenvalue weighted by molar-refractivity contribution is 7.11. The molecule has 1 atom stereocenters. The molecule has 1 aliphatic rings. The van der Waals surface area contributed by atoms with Crippen LogP contribution in [0.1, 0.15) is 27.9 Å². The fourth-order valence-corrected chi connectivity index (χ4v) is 3.38. The first-order chi connectivity index (χ1) is 10.2. The van der Waals surface area contributed by atoms with E-state index in [2.05, 4.69) is 29.4 Å². The van der Waals surface area contributed by atoms with Crippen molar-refractivity contribution in [3.63, 3.8) is 0 Å². The van der Waals surface area contributed by atoms with Crippen molar-refractivity contribution in [1.82, 2.24) is 10.3 Å². The van der Waals surface area contributed by atoms with Gasteiger partial charge in [-0.25, -0.2) is 4.98 Å². The largest absolute Gasteiger partial charge is 0.496 e. The molecule has 4 nitrogen and oxygen atoms in total. The summed E-state index contributed by atoms with van der Waals surface area (Å²) in [5.41, 5.74) is 2.37. The molecule has 0 unspecified atom stereocenters. The van der Waals surface area contributed by atoms with Crippen molar-refractivity contribution in [3.05, 3.63) is 39.3 Å². The number of hydrogen-bond donors (Lipinski definition) is 1. The van der Waals surface area contributed by atoms with Crippen LogP contribution in [0.5, 0.6) is 11.5 Å². The van der Waals surface area contributed by atoms with Gasteiger partial charge in [-0.3, -0.25) is 0 Å². The lowest BCUT2D eigenvalue weighted by atomic mass is 10.1. The molecule has 112 valence electrons. The second-order valence-electron chi connectivity index (χ2n) is 5.35. The molecule has 1 aromatic heterocycles. The summed E-state index contributed by atoms with van der Waals surface area (Å²) in [6.45, 7) is 5.70. The zero-order chi connectivity index (χ0) is 14.8. The number of aromatic nitrogens is 1. The lowest BCUT2D eigenvalue weighted by Gasteiger charge is -2.11. The lowest BCUT2D eigenvalue weighted by Crippen LogP contribution is -2.12. The molecule has 1 N–H and O–H groups in total. The second kappa shape index (κ2) is 6.03. The van der Waals surface area contributed by atoms with E-state index in [0.717, 1.165) is 41.6 Å². The highest BCUT2D eigenvalue weighted by Crippen LogP contribution is 2.34. The number of hydrogen-bond acceptors (Lipinski definition) is 5. The summed E-state index contributed by atoms with van der Waals surface area (Å²) in [6.07, 6.45) is 3.14. The van der Waals surface area contributed by atoms with E-state index in [1.807, 2.05) is 13.1 Å². The number of nitrogens with zero attached hydrogens (tertiary/aromatic N) is 1. The van der Waals surface area contributed by atoms with E-state index >= 15 is 0 Å². The Bertz CT molecular complexity index is 639. The van der Waals surface area contributed by atoms with Gasteiger partial charge in [0.05, 0.1) is 12.1 Å². The number of thiazole rings is 1. The first-order valence-electron chi connectivity index (χ1n) is 7.14. The van der Waals surface area contributed by atoms with Gasteiger partial charge < -0.3 is 14.8 Å². The third-order valence-electron chi connectivity index (χ3n) is 3.58. The summed E-state index contributed by atoms with van der Waals surface area (Å²) in [7, 11) is 1.72. The van der Waals surface area contributed by atoms with E-state index in [9.17, 15) is 0 Å². The van der Waals surface area contributed by atoms with Crippen molar-refractivity contribution in [2.45, 2.75) is 39.5 Å². The van der Waals surface area contributed by atoms with E-state index < -0.39 is 0 Å². The Morgan fingerprint density at radius 2 is 2.29 bits per heavy atom. The number of aryl methyl sites for hydroxylation is 1. The number of fused-ring (bicyclic) bond motifs is 1. The smallest absolute Gasteiger partial charge is 0.123 e. The van der Waals surface area contributed by atoms with Crippen LogP contribution >= 0.6 is 11.3 Å². The van der Waals surface area contributed by atoms with Crippen LogP contribution in [0.4, 0.5) is 0 Å². The molecule has 21 heavy (non-hydrogen) atoms. The van der Waals surface area contributed by atoms with Crippen LogP contribution in [0, 0.1) is 6.92 Å². The molecular weight excluding hydrogens is 284 g/mol. The first kappa shape index (κ1) is 14.4. The normalized spacial score (nSPS) is 16.6. The topological polar surface area (TPSA) is 43.4 Å². The Hall–Kier alpha value is -1.59. The summed E-state index contributed by atoms with van der Waals surface area (Å²) in [5, 5.41) is 4.54. The van der Waals surface area contributed by atoms with Crippen molar-refractivity contribution in [1.29, 1.82) is 0 Å². The predicted molar refractivity (Wildman–Crippen MR) is 84.2 cm³/mol. The Morgan fingerprint density at radius 1 is 1.43 bits per heavy atom. The SMILES string of the molecule is COc1cc2c(cc1CNCc1cnc(C)s1)O[C@@H](C)C2. The molecule has 5 heteroatoms. The van der Waals surface area contributed by atoms with Gasteiger partial charge in [0.15, 0.2) is 0 Å². The predicted octanol–water partition coefficient (Wildman–Crippen LogP) is 3.07. The molecule has 1 aliphatic heterocycles. The van der Waals surface area contributed by atoms with Crippen LogP contribution in [0.2, 0.25) is 0 Å². The van der Waals surface area contributed by atoms with Crippen LogP contribution in [0.25, 0.3) is 0 Å². The van der Waals surface area contributed by atoms with Crippen LogP contribution in [-0.4, -0.2) is 18.2 Å². The van der Waals surface area contributed by atoms with E-state index in [1.54, 1.807) is 18.4 Å². The number of rotatable bonds is 5. The maximum atomic E-state index is 5.82. The molecule has 2 aromatic rings. The van der Waals surface area contributed by atoms with Gasteiger partial charge in [0.1, 0.15) is 17.6 Å². The molecule has 0 radical (unpaired) electrons.